The summed E-state index contributed by atoms with van der Waals surface area (Å²) < 4.78 is 5.04. The van der Waals surface area contributed by atoms with Crippen LogP contribution in [0.2, 0.25) is 0 Å². The first-order valence-corrected chi connectivity index (χ1v) is 5.71. The number of halogens is 1. The van der Waals surface area contributed by atoms with E-state index in [9.17, 15) is 4.79 Å². The molecule has 0 N–H and O–H groups in total. The number of esters is 1. The Morgan fingerprint density at radius 1 is 1.36 bits per heavy atom. The molecule has 0 fully saturated rings. The van der Waals surface area contributed by atoms with E-state index in [-0.39, 0.29) is 11.8 Å². The molecule has 2 nitrogen and oxygen atoms in total. The summed E-state index contributed by atoms with van der Waals surface area (Å²) in [5, 5.41) is 0. The van der Waals surface area contributed by atoms with Crippen molar-refractivity contribution in [2.75, 3.05) is 12.5 Å². The largest absolute Gasteiger partial charge is 0.462 e. The highest BCUT2D eigenvalue weighted by atomic mass is 35.5. The normalized spacial score (nSPS) is 11.5. The summed E-state index contributed by atoms with van der Waals surface area (Å²) in [5.74, 6) is -0.0211. The lowest BCUT2D eigenvalue weighted by Gasteiger charge is -2.04. The second kappa shape index (κ2) is 9.07. The number of carbonyl (C=O) groups is 1. The molecule has 82 valence electrons. The van der Waals surface area contributed by atoms with Crippen molar-refractivity contribution in [3.63, 3.8) is 0 Å². The molecule has 0 rings (SSSR count). The van der Waals surface area contributed by atoms with Gasteiger partial charge in [0.2, 0.25) is 0 Å². The second-order valence-electron chi connectivity index (χ2n) is 3.14. The zero-order valence-electron chi connectivity index (χ0n) is 9.01. The average Bonchev–Trinajstić information content (AvgIpc) is 2.19. The highest BCUT2D eigenvalue weighted by molar-refractivity contribution is 6.22. The third-order valence-electron chi connectivity index (χ3n) is 1.82. The number of hydrogen-bond acceptors (Lipinski definition) is 2. The van der Waals surface area contributed by atoms with Gasteiger partial charge in [0.05, 0.1) is 12.5 Å². The molecular formula is C11H19ClO2. The minimum Gasteiger partial charge on any atom is -0.462 e. The lowest BCUT2D eigenvalue weighted by molar-refractivity contribution is -0.139. The molecule has 0 aliphatic heterocycles. The summed E-state index contributed by atoms with van der Waals surface area (Å²) in [5.41, 5.74) is 0.588. The molecule has 0 aliphatic rings. The molecule has 0 amide bonds. The van der Waals surface area contributed by atoms with E-state index in [0.29, 0.717) is 12.2 Å². The summed E-state index contributed by atoms with van der Waals surface area (Å²) in [6.07, 6.45) is 5.70. The fourth-order valence-corrected chi connectivity index (χ4v) is 1.13. The van der Waals surface area contributed by atoms with Gasteiger partial charge in [-0.1, -0.05) is 32.8 Å². The van der Waals surface area contributed by atoms with E-state index in [1.807, 2.05) is 6.08 Å². The van der Waals surface area contributed by atoms with Crippen LogP contribution in [-0.4, -0.2) is 18.5 Å². The topological polar surface area (TPSA) is 26.3 Å². The SMILES string of the molecule is CCCC=C(CCl)C(=O)OCCCC. The van der Waals surface area contributed by atoms with Crippen LogP contribution in [0.1, 0.15) is 39.5 Å². The number of ether oxygens (including phenoxy) is 1. The molecule has 0 aromatic heterocycles. The molecule has 0 saturated carbocycles. The average molecular weight is 219 g/mol. The Kier molecular flexibility index (Phi) is 8.75. The van der Waals surface area contributed by atoms with Gasteiger partial charge < -0.3 is 4.74 Å². The summed E-state index contributed by atoms with van der Waals surface area (Å²) in [6.45, 7) is 4.61. The fraction of sp³-hybridized carbons (Fsp3) is 0.727. The Hall–Kier alpha value is -0.500. The molecule has 0 heterocycles. The number of hydrogen-bond donors (Lipinski definition) is 0. The first-order valence-electron chi connectivity index (χ1n) is 5.18. The zero-order chi connectivity index (χ0) is 10.8. The van der Waals surface area contributed by atoms with Crippen LogP contribution in [0.3, 0.4) is 0 Å². The maximum absolute atomic E-state index is 11.4. The Morgan fingerprint density at radius 3 is 2.57 bits per heavy atom. The predicted octanol–water partition coefficient (Wildman–Crippen LogP) is 3.30. The quantitative estimate of drug-likeness (QED) is 0.284. The van der Waals surface area contributed by atoms with Crippen molar-refractivity contribution >= 4 is 17.6 Å². The predicted molar refractivity (Wildman–Crippen MR) is 59.6 cm³/mol. The first kappa shape index (κ1) is 13.5. The van der Waals surface area contributed by atoms with Crippen molar-refractivity contribution < 1.29 is 9.53 Å². The third kappa shape index (κ3) is 6.03. The van der Waals surface area contributed by atoms with Crippen LogP contribution in [0.5, 0.6) is 0 Å². The van der Waals surface area contributed by atoms with Crippen LogP contribution in [-0.2, 0) is 9.53 Å². The van der Waals surface area contributed by atoms with Crippen molar-refractivity contribution in [1.29, 1.82) is 0 Å². The van der Waals surface area contributed by atoms with Crippen LogP contribution in [0, 0.1) is 0 Å². The third-order valence-corrected chi connectivity index (χ3v) is 2.10. The number of alkyl halides is 1. The lowest BCUT2D eigenvalue weighted by Crippen LogP contribution is -2.10. The van der Waals surface area contributed by atoms with Gasteiger partial charge >= 0.3 is 5.97 Å². The van der Waals surface area contributed by atoms with E-state index >= 15 is 0 Å². The molecule has 0 radical (unpaired) electrons. The van der Waals surface area contributed by atoms with Crippen molar-refractivity contribution in [3.8, 4) is 0 Å². The molecule has 14 heavy (non-hydrogen) atoms. The molecule has 0 atom stereocenters. The van der Waals surface area contributed by atoms with E-state index in [1.165, 1.54) is 0 Å². The van der Waals surface area contributed by atoms with E-state index in [1.54, 1.807) is 0 Å². The maximum Gasteiger partial charge on any atom is 0.334 e. The molecule has 0 spiro atoms. The Bertz CT molecular complexity index is 188. The molecule has 0 bridgehead atoms. The van der Waals surface area contributed by atoms with Crippen LogP contribution in [0.4, 0.5) is 0 Å². The summed E-state index contributed by atoms with van der Waals surface area (Å²) >= 11 is 5.64. The minimum absolute atomic E-state index is 0.241. The molecule has 0 saturated heterocycles. The zero-order valence-corrected chi connectivity index (χ0v) is 9.77. The van der Waals surface area contributed by atoms with Gasteiger partial charge in [0.25, 0.3) is 0 Å². The van der Waals surface area contributed by atoms with Crippen LogP contribution < -0.4 is 0 Å². The molecular weight excluding hydrogens is 200 g/mol. The van der Waals surface area contributed by atoms with Gasteiger partial charge in [0.15, 0.2) is 0 Å². The van der Waals surface area contributed by atoms with Crippen molar-refractivity contribution in [3.05, 3.63) is 11.6 Å². The Balaban J connectivity index is 3.91. The molecule has 0 aromatic carbocycles. The van der Waals surface area contributed by atoms with E-state index in [2.05, 4.69) is 13.8 Å². The highest BCUT2D eigenvalue weighted by Crippen LogP contribution is 2.05. The van der Waals surface area contributed by atoms with E-state index < -0.39 is 0 Å². The minimum atomic E-state index is -0.262. The molecule has 0 unspecified atom stereocenters. The highest BCUT2D eigenvalue weighted by Gasteiger charge is 2.08. The smallest absolute Gasteiger partial charge is 0.334 e. The van der Waals surface area contributed by atoms with Crippen LogP contribution in [0.25, 0.3) is 0 Å². The number of rotatable bonds is 7. The lowest BCUT2D eigenvalue weighted by atomic mass is 10.2. The fourth-order valence-electron chi connectivity index (χ4n) is 0.913. The van der Waals surface area contributed by atoms with Crippen LogP contribution >= 0.6 is 11.6 Å². The van der Waals surface area contributed by atoms with Gasteiger partial charge in [0, 0.05) is 5.57 Å². The van der Waals surface area contributed by atoms with Gasteiger partial charge in [-0.05, 0) is 12.8 Å². The number of allylic oxidation sites excluding steroid dienone is 1. The Morgan fingerprint density at radius 2 is 2.07 bits per heavy atom. The van der Waals surface area contributed by atoms with Gasteiger partial charge in [-0.3, -0.25) is 0 Å². The van der Waals surface area contributed by atoms with Crippen molar-refractivity contribution in [2.24, 2.45) is 0 Å². The second-order valence-corrected chi connectivity index (χ2v) is 3.41. The van der Waals surface area contributed by atoms with Crippen LogP contribution in [0.15, 0.2) is 11.6 Å². The number of unbranched alkanes of at least 4 members (excludes halogenated alkanes) is 2. The van der Waals surface area contributed by atoms with Gasteiger partial charge in [-0.15, -0.1) is 11.6 Å². The molecule has 0 aliphatic carbocycles. The molecule has 3 heteroatoms. The van der Waals surface area contributed by atoms with Gasteiger partial charge in [0.1, 0.15) is 0 Å². The summed E-state index contributed by atoms with van der Waals surface area (Å²) in [4.78, 5) is 11.4. The van der Waals surface area contributed by atoms with E-state index in [0.717, 1.165) is 25.7 Å². The monoisotopic (exact) mass is 218 g/mol. The first-order chi connectivity index (χ1) is 6.76. The van der Waals surface area contributed by atoms with Gasteiger partial charge in [-0.25, -0.2) is 4.79 Å². The van der Waals surface area contributed by atoms with Gasteiger partial charge in [-0.2, -0.15) is 0 Å². The summed E-state index contributed by atoms with van der Waals surface area (Å²) in [7, 11) is 0. The number of carbonyl (C=O) groups excluding carboxylic acids is 1. The van der Waals surface area contributed by atoms with E-state index in [4.69, 9.17) is 16.3 Å². The summed E-state index contributed by atoms with van der Waals surface area (Å²) in [6, 6.07) is 0. The maximum atomic E-state index is 11.4. The standard InChI is InChI=1S/C11H19ClO2/c1-3-5-7-10(9-12)11(13)14-8-6-4-2/h7H,3-6,8-9H2,1-2H3. The van der Waals surface area contributed by atoms with Crippen molar-refractivity contribution in [1.82, 2.24) is 0 Å². The Labute approximate surface area is 91.3 Å². The molecule has 0 aromatic rings. The van der Waals surface area contributed by atoms with Crippen molar-refractivity contribution in [2.45, 2.75) is 39.5 Å².